The van der Waals surface area contributed by atoms with Crippen LogP contribution in [0.4, 0.5) is 8.78 Å². The standard InChI is InChI=1S/C19H15F2N5O2/c1-27-16-7-4-13(11-23-16)17-18-24-15(25-26(18)9-8-22-17)10-12-2-5-14(6-3-12)28-19(20)21/h2-9,11,19H,10H2,1H3. The van der Waals surface area contributed by atoms with Gasteiger partial charge in [-0.2, -0.15) is 13.9 Å². The highest BCUT2D eigenvalue weighted by Gasteiger charge is 2.12. The molecule has 9 heteroatoms. The molecule has 0 spiro atoms. The summed E-state index contributed by atoms with van der Waals surface area (Å²) in [6, 6.07) is 10.00. The van der Waals surface area contributed by atoms with Crippen molar-refractivity contribution in [2.75, 3.05) is 7.11 Å². The molecule has 0 bridgehead atoms. The molecule has 0 aliphatic heterocycles. The molecule has 0 saturated carbocycles. The lowest BCUT2D eigenvalue weighted by molar-refractivity contribution is -0.0498. The molecule has 142 valence electrons. The fraction of sp³-hybridized carbons (Fsp3) is 0.158. The molecule has 4 rings (SSSR count). The Balaban J connectivity index is 1.61. The van der Waals surface area contributed by atoms with E-state index in [0.29, 0.717) is 29.5 Å². The second-order valence-electron chi connectivity index (χ2n) is 5.86. The van der Waals surface area contributed by atoms with E-state index < -0.39 is 6.61 Å². The number of pyridine rings is 1. The van der Waals surface area contributed by atoms with Crippen LogP contribution in [-0.4, -0.2) is 38.3 Å². The van der Waals surface area contributed by atoms with E-state index in [1.165, 1.54) is 12.1 Å². The summed E-state index contributed by atoms with van der Waals surface area (Å²) in [6.45, 7) is -2.84. The van der Waals surface area contributed by atoms with E-state index in [1.807, 2.05) is 6.07 Å². The van der Waals surface area contributed by atoms with Crippen molar-refractivity contribution >= 4 is 5.65 Å². The molecule has 7 nitrogen and oxygen atoms in total. The second kappa shape index (κ2) is 7.55. The highest BCUT2D eigenvalue weighted by molar-refractivity contribution is 5.72. The van der Waals surface area contributed by atoms with E-state index in [9.17, 15) is 8.78 Å². The number of alkyl halides is 2. The van der Waals surface area contributed by atoms with E-state index >= 15 is 0 Å². The van der Waals surface area contributed by atoms with Crippen LogP contribution in [0.25, 0.3) is 16.9 Å². The van der Waals surface area contributed by atoms with Crippen molar-refractivity contribution in [1.29, 1.82) is 0 Å². The van der Waals surface area contributed by atoms with E-state index in [1.54, 1.807) is 48.4 Å². The Labute approximate surface area is 158 Å². The van der Waals surface area contributed by atoms with Gasteiger partial charge in [-0.15, -0.1) is 0 Å². The molecule has 0 aliphatic carbocycles. The lowest BCUT2D eigenvalue weighted by Gasteiger charge is -2.04. The largest absolute Gasteiger partial charge is 0.481 e. The van der Waals surface area contributed by atoms with Crippen LogP contribution >= 0.6 is 0 Å². The fourth-order valence-electron chi connectivity index (χ4n) is 2.75. The van der Waals surface area contributed by atoms with Gasteiger partial charge in [0.25, 0.3) is 0 Å². The molecule has 3 aromatic heterocycles. The smallest absolute Gasteiger partial charge is 0.387 e. The number of hydrogen-bond donors (Lipinski definition) is 0. The first-order valence-electron chi connectivity index (χ1n) is 8.37. The predicted molar refractivity (Wildman–Crippen MR) is 96.4 cm³/mol. The molecule has 0 amide bonds. The van der Waals surface area contributed by atoms with Crippen LogP contribution in [-0.2, 0) is 6.42 Å². The van der Waals surface area contributed by atoms with Crippen molar-refractivity contribution in [3.05, 3.63) is 66.4 Å². The average molecular weight is 383 g/mol. The Morgan fingerprint density at radius 1 is 1.07 bits per heavy atom. The maximum absolute atomic E-state index is 12.2. The monoisotopic (exact) mass is 383 g/mol. The SMILES string of the molecule is COc1ccc(-c2nccn3nc(Cc4ccc(OC(F)F)cc4)nc23)cn1. The van der Waals surface area contributed by atoms with Crippen molar-refractivity contribution in [1.82, 2.24) is 24.6 Å². The molecule has 4 aromatic rings. The minimum Gasteiger partial charge on any atom is -0.481 e. The summed E-state index contributed by atoms with van der Waals surface area (Å²) >= 11 is 0. The van der Waals surface area contributed by atoms with E-state index in [4.69, 9.17) is 4.74 Å². The van der Waals surface area contributed by atoms with Crippen molar-refractivity contribution < 1.29 is 18.3 Å². The number of fused-ring (bicyclic) bond motifs is 1. The van der Waals surface area contributed by atoms with Crippen molar-refractivity contribution in [2.24, 2.45) is 0 Å². The summed E-state index contributed by atoms with van der Waals surface area (Å²) in [5.74, 6) is 1.20. The number of nitrogens with zero attached hydrogens (tertiary/aromatic N) is 5. The van der Waals surface area contributed by atoms with Crippen molar-refractivity contribution in [3.8, 4) is 22.9 Å². The number of hydrogen-bond acceptors (Lipinski definition) is 6. The van der Waals surface area contributed by atoms with E-state index in [2.05, 4.69) is 24.8 Å². The normalized spacial score (nSPS) is 11.1. The van der Waals surface area contributed by atoms with Gasteiger partial charge >= 0.3 is 6.61 Å². The van der Waals surface area contributed by atoms with Gasteiger partial charge in [-0.05, 0) is 23.8 Å². The number of benzene rings is 1. The first-order valence-corrected chi connectivity index (χ1v) is 8.37. The van der Waals surface area contributed by atoms with Crippen molar-refractivity contribution in [3.63, 3.8) is 0 Å². The molecule has 0 aliphatic rings. The van der Waals surface area contributed by atoms with Gasteiger partial charge in [0.2, 0.25) is 5.88 Å². The average Bonchev–Trinajstić information content (AvgIpc) is 3.11. The third-order valence-corrected chi connectivity index (χ3v) is 4.03. The van der Waals surface area contributed by atoms with Gasteiger partial charge in [0.1, 0.15) is 11.4 Å². The quantitative estimate of drug-likeness (QED) is 0.508. The summed E-state index contributed by atoms with van der Waals surface area (Å²) in [4.78, 5) is 13.2. The predicted octanol–water partition coefficient (Wildman–Crippen LogP) is 3.39. The summed E-state index contributed by atoms with van der Waals surface area (Å²) < 4.78 is 35.6. The second-order valence-corrected chi connectivity index (χ2v) is 5.86. The summed E-state index contributed by atoms with van der Waals surface area (Å²) in [5, 5.41) is 4.47. The highest BCUT2D eigenvalue weighted by atomic mass is 19.3. The van der Waals surface area contributed by atoms with Crippen LogP contribution in [0, 0.1) is 0 Å². The Kier molecular flexibility index (Phi) is 4.79. The Morgan fingerprint density at radius 3 is 2.57 bits per heavy atom. The van der Waals surface area contributed by atoms with Crippen LogP contribution < -0.4 is 9.47 Å². The number of halogens is 2. The zero-order valence-electron chi connectivity index (χ0n) is 14.8. The van der Waals surface area contributed by atoms with Gasteiger partial charge in [0.05, 0.1) is 7.11 Å². The maximum Gasteiger partial charge on any atom is 0.387 e. The molecule has 0 radical (unpaired) electrons. The number of aromatic nitrogens is 5. The molecule has 3 heterocycles. The lowest BCUT2D eigenvalue weighted by atomic mass is 10.1. The molecule has 0 saturated heterocycles. The van der Waals surface area contributed by atoms with Gasteiger partial charge in [0, 0.05) is 36.6 Å². The van der Waals surface area contributed by atoms with Gasteiger partial charge in [-0.3, -0.25) is 4.98 Å². The highest BCUT2D eigenvalue weighted by Crippen LogP contribution is 2.22. The molecular formula is C19H15F2N5O2. The zero-order valence-corrected chi connectivity index (χ0v) is 14.8. The van der Waals surface area contributed by atoms with E-state index in [0.717, 1.165) is 11.1 Å². The van der Waals surface area contributed by atoms with Gasteiger partial charge in [0.15, 0.2) is 11.5 Å². The van der Waals surface area contributed by atoms with Crippen LogP contribution in [0.5, 0.6) is 11.6 Å². The van der Waals surface area contributed by atoms with Crippen LogP contribution in [0.2, 0.25) is 0 Å². The maximum atomic E-state index is 12.2. The van der Waals surface area contributed by atoms with E-state index in [-0.39, 0.29) is 5.75 Å². The zero-order chi connectivity index (χ0) is 19.5. The summed E-state index contributed by atoms with van der Waals surface area (Å²) in [7, 11) is 1.55. The molecule has 1 aromatic carbocycles. The molecule has 28 heavy (non-hydrogen) atoms. The molecular weight excluding hydrogens is 368 g/mol. The summed E-state index contributed by atoms with van der Waals surface area (Å²) in [5.41, 5.74) is 2.91. The topological polar surface area (TPSA) is 74.4 Å². The molecule has 0 unspecified atom stereocenters. The summed E-state index contributed by atoms with van der Waals surface area (Å²) in [6.07, 6.45) is 5.46. The Bertz CT molecular complexity index is 1080. The Hall–Kier alpha value is -3.62. The molecule has 0 fully saturated rings. The number of methoxy groups -OCH3 is 1. The van der Waals surface area contributed by atoms with Gasteiger partial charge < -0.3 is 9.47 Å². The van der Waals surface area contributed by atoms with Gasteiger partial charge in [-0.1, -0.05) is 12.1 Å². The first kappa shape index (κ1) is 17.8. The molecule has 0 N–H and O–H groups in total. The first-order chi connectivity index (χ1) is 13.6. The Morgan fingerprint density at radius 2 is 1.89 bits per heavy atom. The fourth-order valence-corrected chi connectivity index (χ4v) is 2.75. The van der Waals surface area contributed by atoms with Gasteiger partial charge in [-0.25, -0.2) is 14.5 Å². The molecule has 0 atom stereocenters. The lowest BCUT2D eigenvalue weighted by Crippen LogP contribution is -2.01. The minimum atomic E-state index is -2.84. The van der Waals surface area contributed by atoms with Crippen LogP contribution in [0.15, 0.2) is 55.0 Å². The number of ether oxygens (including phenoxy) is 2. The van der Waals surface area contributed by atoms with Crippen LogP contribution in [0.1, 0.15) is 11.4 Å². The van der Waals surface area contributed by atoms with Crippen molar-refractivity contribution in [2.45, 2.75) is 13.0 Å². The third kappa shape index (κ3) is 3.73. The van der Waals surface area contributed by atoms with Crippen LogP contribution in [0.3, 0.4) is 0 Å². The minimum absolute atomic E-state index is 0.111. The third-order valence-electron chi connectivity index (χ3n) is 4.03. The number of rotatable bonds is 6.